The molecule has 13 nitrogen and oxygen atoms in total. The van der Waals surface area contributed by atoms with Crippen LogP contribution in [0.15, 0.2) is 79.0 Å². The molecule has 2 atom stereocenters. The first-order valence-corrected chi connectivity index (χ1v) is 21.7. The van der Waals surface area contributed by atoms with Crippen LogP contribution in [0.3, 0.4) is 0 Å². The summed E-state index contributed by atoms with van der Waals surface area (Å²) in [5.41, 5.74) is 3.64. The fourth-order valence-electron chi connectivity index (χ4n) is 6.94. The number of aromatic nitrogens is 1. The third kappa shape index (κ3) is 17.1. The molecule has 1 saturated carbocycles. The average Bonchev–Trinajstić information content (AvgIpc) is 4.08. The van der Waals surface area contributed by atoms with Crippen LogP contribution in [-0.4, -0.2) is 99.9 Å². The molecule has 1 fully saturated rings. The smallest absolute Gasteiger partial charge is 0.305 e. The molecule has 330 valence electrons. The first-order chi connectivity index (χ1) is 29.7. The lowest BCUT2D eigenvalue weighted by Crippen LogP contribution is -2.48. The van der Waals surface area contributed by atoms with Crippen LogP contribution in [-0.2, 0) is 33.3 Å². The van der Waals surface area contributed by atoms with Crippen molar-refractivity contribution in [2.24, 2.45) is 11.8 Å². The van der Waals surface area contributed by atoms with E-state index in [2.05, 4.69) is 20.9 Å². The summed E-state index contributed by atoms with van der Waals surface area (Å²) in [7, 11) is 0. The molecule has 13 heteroatoms. The zero-order chi connectivity index (χ0) is 43.2. The van der Waals surface area contributed by atoms with Crippen LogP contribution in [0.1, 0.15) is 76.0 Å². The van der Waals surface area contributed by atoms with Gasteiger partial charge in [0.05, 0.1) is 58.7 Å². The normalized spacial score (nSPS) is 13.5. The quantitative estimate of drug-likeness (QED) is 0.0384. The van der Waals surface area contributed by atoms with Crippen LogP contribution in [0.2, 0.25) is 0 Å². The number of ether oxygens (including phenoxy) is 5. The van der Waals surface area contributed by atoms with Crippen LogP contribution < -0.4 is 20.7 Å². The largest absolute Gasteiger partial charge is 0.491 e. The van der Waals surface area contributed by atoms with E-state index in [1.54, 1.807) is 6.20 Å². The third-order valence-corrected chi connectivity index (χ3v) is 10.3. The first kappa shape index (κ1) is 47.0. The molecule has 4 aromatic rings. The summed E-state index contributed by atoms with van der Waals surface area (Å²) in [6, 6.07) is 21.7. The Morgan fingerprint density at radius 3 is 2.08 bits per heavy atom. The van der Waals surface area contributed by atoms with Crippen molar-refractivity contribution in [3.05, 3.63) is 90.1 Å². The van der Waals surface area contributed by atoms with E-state index in [9.17, 15) is 19.5 Å². The van der Waals surface area contributed by atoms with Gasteiger partial charge >= 0.3 is 5.97 Å². The number of fused-ring (bicyclic) bond motifs is 1. The van der Waals surface area contributed by atoms with Crippen LogP contribution in [0.5, 0.6) is 5.75 Å². The molecule has 5 rings (SSSR count). The molecule has 1 aliphatic carbocycles. The second-order valence-corrected chi connectivity index (χ2v) is 16.0. The zero-order valence-corrected chi connectivity index (χ0v) is 36.0. The van der Waals surface area contributed by atoms with Gasteiger partial charge in [-0.1, -0.05) is 81.3 Å². The lowest BCUT2D eigenvalue weighted by Gasteiger charge is -2.24. The van der Waals surface area contributed by atoms with Gasteiger partial charge in [-0.2, -0.15) is 0 Å². The summed E-state index contributed by atoms with van der Waals surface area (Å²) in [5, 5.41) is 20.8. The van der Waals surface area contributed by atoms with Gasteiger partial charge in [0, 0.05) is 31.2 Å². The van der Waals surface area contributed by atoms with Crippen molar-refractivity contribution >= 4 is 34.4 Å². The Kier molecular flexibility index (Phi) is 19.7. The van der Waals surface area contributed by atoms with Crippen LogP contribution in [0, 0.1) is 18.8 Å². The molecule has 61 heavy (non-hydrogen) atoms. The fraction of sp³-hybridized carbons (Fsp3) is 0.500. The predicted octanol–water partition coefficient (Wildman–Crippen LogP) is 7.51. The number of carbonyl (C=O) groups excluding carboxylic acids is 2. The highest BCUT2D eigenvalue weighted by Crippen LogP contribution is 2.35. The monoisotopic (exact) mass is 840 g/mol. The van der Waals surface area contributed by atoms with Gasteiger partial charge in [-0.05, 0) is 83.9 Å². The second-order valence-electron chi connectivity index (χ2n) is 16.0. The van der Waals surface area contributed by atoms with Crippen LogP contribution in [0.25, 0.3) is 21.9 Å². The highest BCUT2D eigenvalue weighted by molar-refractivity contribution is 6.00. The lowest BCUT2D eigenvalue weighted by molar-refractivity contribution is -0.138. The van der Waals surface area contributed by atoms with Crippen molar-refractivity contribution in [3.8, 4) is 16.9 Å². The number of hydrogen-bond acceptors (Lipinski definition) is 10. The predicted molar refractivity (Wildman–Crippen MR) is 237 cm³/mol. The number of aryl methyl sites for hydroxylation is 1. The van der Waals surface area contributed by atoms with E-state index in [-0.39, 0.29) is 24.7 Å². The number of carboxylic acid groups (broad SMARTS) is 1. The SMILES string of the molecule is Cc1ccnc(NCCCC(=O)N[C@@H](CC(C)C)C(=O)N[C@@H](CC(=O)O)c2ccc(-c3ccc(OCCOCCOCCOCCOCCC4CC4)c4ccccc34)cc2)c1. The van der Waals surface area contributed by atoms with E-state index in [4.69, 9.17) is 23.7 Å². The standard InChI is InChI=1S/C48H64N4O9/c1-34(2)31-43(51-46(53)9-6-20-49-45-32-35(3)18-21-50-45)48(56)52-42(33-47(54)55)38-14-12-37(13-15-38)39-16-17-44(41-8-5-4-7-40(39)41)61-30-29-60-28-27-59-26-25-58-24-23-57-22-19-36-10-11-36/h4-5,7-8,12-18,21,32,34,36,42-43H,6,9-11,19-20,22-31,33H2,1-3H3,(H,49,50)(H,51,53)(H,52,56)(H,54,55)/t42-,43-/m0/s1. The molecule has 0 saturated heterocycles. The van der Waals surface area contributed by atoms with Gasteiger partial charge < -0.3 is 44.7 Å². The Morgan fingerprint density at radius 2 is 1.44 bits per heavy atom. The number of amides is 2. The zero-order valence-electron chi connectivity index (χ0n) is 36.0. The Morgan fingerprint density at radius 1 is 0.787 bits per heavy atom. The van der Waals surface area contributed by atoms with E-state index in [0.717, 1.165) is 51.6 Å². The van der Waals surface area contributed by atoms with Crippen molar-refractivity contribution in [1.29, 1.82) is 0 Å². The fourth-order valence-corrected chi connectivity index (χ4v) is 6.94. The molecule has 4 N–H and O–H groups in total. The molecule has 3 aromatic carbocycles. The molecule has 1 aliphatic rings. The molecular weight excluding hydrogens is 777 g/mol. The number of pyridine rings is 1. The van der Waals surface area contributed by atoms with Crippen molar-refractivity contribution in [3.63, 3.8) is 0 Å². The number of nitrogens with one attached hydrogen (secondary N) is 3. The molecule has 0 bridgehead atoms. The number of carboxylic acids is 1. The van der Waals surface area contributed by atoms with Gasteiger partial charge in [0.25, 0.3) is 0 Å². The van der Waals surface area contributed by atoms with Gasteiger partial charge in [-0.3, -0.25) is 14.4 Å². The lowest BCUT2D eigenvalue weighted by atomic mass is 9.95. The van der Waals surface area contributed by atoms with Crippen molar-refractivity contribution in [2.75, 3.05) is 71.3 Å². The maximum atomic E-state index is 13.7. The maximum absolute atomic E-state index is 13.7. The Labute approximate surface area is 360 Å². The first-order valence-electron chi connectivity index (χ1n) is 21.7. The average molecular weight is 841 g/mol. The van der Waals surface area contributed by atoms with Gasteiger partial charge in [-0.25, -0.2) is 4.98 Å². The molecule has 0 unspecified atom stereocenters. The Bertz CT molecular complexity index is 1950. The Balaban J connectivity index is 1.08. The summed E-state index contributed by atoms with van der Waals surface area (Å²) < 4.78 is 28.6. The summed E-state index contributed by atoms with van der Waals surface area (Å²) in [6.45, 7) is 11.3. The topological polar surface area (TPSA) is 167 Å². The van der Waals surface area contributed by atoms with E-state index < -0.39 is 24.0 Å². The van der Waals surface area contributed by atoms with Gasteiger partial charge in [-0.15, -0.1) is 0 Å². The number of aliphatic carboxylic acids is 1. The molecule has 0 aliphatic heterocycles. The number of hydrogen-bond donors (Lipinski definition) is 4. The highest BCUT2D eigenvalue weighted by atomic mass is 16.6. The minimum Gasteiger partial charge on any atom is -0.491 e. The van der Waals surface area contributed by atoms with Gasteiger partial charge in [0.2, 0.25) is 11.8 Å². The number of anilines is 1. The summed E-state index contributed by atoms with van der Waals surface area (Å²) in [4.78, 5) is 42.9. The van der Waals surface area contributed by atoms with E-state index in [1.807, 2.05) is 93.6 Å². The minimum absolute atomic E-state index is 0.111. The van der Waals surface area contributed by atoms with E-state index >= 15 is 0 Å². The molecule has 0 spiro atoms. The number of nitrogens with zero attached hydrogens (tertiary/aromatic N) is 1. The molecule has 2 amide bonds. The van der Waals surface area contributed by atoms with Crippen LogP contribution >= 0.6 is 0 Å². The van der Waals surface area contributed by atoms with Crippen molar-refractivity contribution in [2.45, 2.75) is 77.8 Å². The second kappa shape index (κ2) is 25.6. The number of rotatable bonds is 30. The Hall–Kier alpha value is -5.08. The maximum Gasteiger partial charge on any atom is 0.305 e. The summed E-state index contributed by atoms with van der Waals surface area (Å²) >= 11 is 0. The molecule has 0 radical (unpaired) electrons. The molecule has 1 heterocycles. The van der Waals surface area contributed by atoms with Gasteiger partial charge in [0.15, 0.2) is 0 Å². The van der Waals surface area contributed by atoms with E-state index in [0.29, 0.717) is 77.8 Å². The number of carbonyl (C=O) groups is 3. The summed E-state index contributed by atoms with van der Waals surface area (Å²) in [5.74, 6) is 0.774. The van der Waals surface area contributed by atoms with Crippen LogP contribution in [0.4, 0.5) is 5.82 Å². The highest BCUT2D eigenvalue weighted by Gasteiger charge is 2.26. The molecule has 1 aromatic heterocycles. The van der Waals surface area contributed by atoms with Gasteiger partial charge in [0.1, 0.15) is 24.2 Å². The third-order valence-electron chi connectivity index (χ3n) is 10.3. The van der Waals surface area contributed by atoms with E-state index in [1.165, 1.54) is 19.3 Å². The summed E-state index contributed by atoms with van der Waals surface area (Å²) in [6.07, 6.45) is 6.47. The number of benzene rings is 3. The van der Waals surface area contributed by atoms with Crippen molar-refractivity contribution < 1.29 is 43.2 Å². The van der Waals surface area contributed by atoms with Crippen molar-refractivity contribution in [1.82, 2.24) is 15.6 Å². The molecular formula is C48H64N4O9. The minimum atomic E-state index is -1.05.